The fourth-order valence-corrected chi connectivity index (χ4v) is 3.38. The van der Waals surface area contributed by atoms with Gasteiger partial charge in [0.05, 0.1) is 17.6 Å². The number of hydrogen-bond acceptors (Lipinski definition) is 5. The van der Waals surface area contributed by atoms with Crippen molar-refractivity contribution >= 4 is 17.7 Å². The van der Waals surface area contributed by atoms with Crippen LogP contribution in [-0.4, -0.2) is 33.0 Å². The van der Waals surface area contributed by atoms with Crippen LogP contribution in [0.2, 0.25) is 0 Å². The lowest BCUT2D eigenvalue weighted by atomic mass is 10.0. The number of furan rings is 1. The molecule has 136 valence electrons. The molecule has 6 nitrogen and oxygen atoms in total. The molecule has 26 heavy (non-hydrogen) atoms. The Hall–Kier alpha value is -2.54. The van der Waals surface area contributed by atoms with Crippen LogP contribution in [-0.2, 0) is 11.8 Å². The van der Waals surface area contributed by atoms with Crippen molar-refractivity contribution in [2.75, 3.05) is 12.3 Å². The molecule has 0 saturated carbocycles. The Bertz CT molecular complexity index is 873. The number of carbonyl (C=O) groups excluding carboxylic acids is 1. The zero-order valence-electron chi connectivity index (χ0n) is 15.1. The lowest BCUT2D eigenvalue weighted by molar-refractivity contribution is -0.118. The molecule has 0 fully saturated rings. The highest BCUT2D eigenvalue weighted by Crippen LogP contribution is 2.25. The lowest BCUT2D eigenvalue weighted by Gasteiger charge is -2.12. The standard InChI is InChI=1S/C19H22N4O2S/c1-13(15-7-5-4-6-8-15)11-20-17(24)12-26-19-22-21-18(23(19)3)16-9-10-25-14(16)2/h4-10,13H,11-12H2,1-3H3,(H,20,24)/t13-/m1/s1. The van der Waals surface area contributed by atoms with Crippen LogP contribution in [0, 0.1) is 6.92 Å². The van der Waals surface area contributed by atoms with Crippen LogP contribution in [0.1, 0.15) is 24.2 Å². The molecule has 0 bridgehead atoms. The Kier molecular flexibility index (Phi) is 5.78. The number of hydrogen-bond donors (Lipinski definition) is 1. The molecule has 0 aliphatic heterocycles. The third-order valence-corrected chi connectivity index (χ3v) is 5.26. The predicted octanol–water partition coefficient (Wildman–Crippen LogP) is 3.40. The highest BCUT2D eigenvalue weighted by Gasteiger charge is 2.16. The minimum Gasteiger partial charge on any atom is -0.469 e. The van der Waals surface area contributed by atoms with Gasteiger partial charge < -0.3 is 14.3 Å². The first-order valence-electron chi connectivity index (χ1n) is 8.44. The number of nitrogens with zero attached hydrogens (tertiary/aromatic N) is 3. The third-order valence-electron chi connectivity index (χ3n) is 4.24. The van der Waals surface area contributed by atoms with Gasteiger partial charge in [-0.2, -0.15) is 0 Å². The molecule has 1 atom stereocenters. The molecule has 3 aromatic rings. The van der Waals surface area contributed by atoms with Gasteiger partial charge >= 0.3 is 0 Å². The highest BCUT2D eigenvalue weighted by atomic mass is 32.2. The zero-order chi connectivity index (χ0) is 18.5. The minimum absolute atomic E-state index is 0.0122. The summed E-state index contributed by atoms with van der Waals surface area (Å²) in [6.45, 7) is 4.60. The second-order valence-corrected chi connectivity index (χ2v) is 7.10. The van der Waals surface area contributed by atoms with Crippen LogP contribution in [0.15, 0.2) is 52.2 Å². The van der Waals surface area contributed by atoms with Crippen LogP contribution in [0.5, 0.6) is 0 Å². The molecule has 2 heterocycles. The van der Waals surface area contributed by atoms with E-state index >= 15 is 0 Å². The summed E-state index contributed by atoms with van der Waals surface area (Å²) in [7, 11) is 1.89. The molecule has 1 amide bonds. The molecular weight excluding hydrogens is 348 g/mol. The summed E-state index contributed by atoms with van der Waals surface area (Å²) in [5.41, 5.74) is 2.13. The summed E-state index contributed by atoms with van der Waals surface area (Å²) >= 11 is 1.37. The van der Waals surface area contributed by atoms with Gasteiger partial charge in [0.2, 0.25) is 5.91 Å². The number of aryl methyl sites for hydroxylation is 1. The maximum absolute atomic E-state index is 12.1. The smallest absolute Gasteiger partial charge is 0.230 e. The van der Waals surface area contributed by atoms with Crippen LogP contribution >= 0.6 is 11.8 Å². The van der Waals surface area contributed by atoms with Crippen LogP contribution < -0.4 is 5.32 Å². The van der Waals surface area contributed by atoms with Gasteiger partial charge in [-0.05, 0) is 24.5 Å². The quantitative estimate of drug-likeness (QED) is 0.645. The van der Waals surface area contributed by atoms with Gasteiger partial charge in [0, 0.05) is 13.6 Å². The van der Waals surface area contributed by atoms with Gasteiger partial charge in [-0.15, -0.1) is 10.2 Å². The Balaban J connectivity index is 1.52. The van der Waals surface area contributed by atoms with E-state index in [0.29, 0.717) is 17.5 Å². The Morgan fingerprint density at radius 2 is 2.04 bits per heavy atom. The van der Waals surface area contributed by atoms with E-state index in [4.69, 9.17) is 4.42 Å². The van der Waals surface area contributed by atoms with Crippen molar-refractivity contribution in [1.29, 1.82) is 0 Å². The van der Waals surface area contributed by atoms with E-state index in [1.165, 1.54) is 17.3 Å². The van der Waals surface area contributed by atoms with Crippen molar-refractivity contribution in [2.24, 2.45) is 7.05 Å². The van der Waals surface area contributed by atoms with E-state index in [1.807, 2.05) is 42.8 Å². The molecule has 0 aliphatic carbocycles. The van der Waals surface area contributed by atoms with E-state index in [9.17, 15) is 4.79 Å². The first kappa shape index (κ1) is 18.3. The second kappa shape index (κ2) is 8.23. The third kappa shape index (κ3) is 4.16. The van der Waals surface area contributed by atoms with E-state index in [1.54, 1.807) is 6.26 Å². The van der Waals surface area contributed by atoms with Crippen LogP contribution in [0.4, 0.5) is 0 Å². The topological polar surface area (TPSA) is 72.9 Å². The number of nitrogens with one attached hydrogen (secondary N) is 1. The fraction of sp³-hybridized carbons (Fsp3) is 0.316. The molecule has 1 N–H and O–H groups in total. The molecule has 3 rings (SSSR count). The summed E-state index contributed by atoms with van der Waals surface area (Å²) in [5.74, 6) is 2.09. The number of benzene rings is 1. The summed E-state index contributed by atoms with van der Waals surface area (Å²) < 4.78 is 7.20. The van der Waals surface area contributed by atoms with Crippen molar-refractivity contribution in [3.8, 4) is 11.4 Å². The van der Waals surface area contributed by atoms with E-state index in [-0.39, 0.29) is 11.8 Å². The van der Waals surface area contributed by atoms with Crippen molar-refractivity contribution < 1.29 is 9.21 Å². The highest BCUT2D eigenvalue weighted by molar-refractivity contribution is 7.99. The van der Waals surface area contributed by atoms with Gasteiger partial charge in [-0.1, -0.05) is 49.0 Å². The fourth-order valence-electron chi connectivity index (χ4n) is 2.64. The van der Waals surface area contributed by atoms with E-state index < -0.39 is 0 Å². The Morgan fingerprint density at radius 3 is 2.73 bits per heavy atom. The van der Waals surface area contributed by atoms with Gasteiger partial charge in [0.15, 0.2) is 11.0 Å². The van der Waals surface area contributed by atoms with Gasteiger partial charge in [0.25, 0.3) is 0 Å². The molecule has 0 aliphatic rings. The Labute approximate surface area is 157 Å². The first-order chi connectivity index (χ1) is 12.6. The molecule has 2 aromatic heterocycles. The summed E-state index contributed by atoms with van der Waals surface area (Å²) in [5, 5.41) is 12.1. The molecule has 0 radical (unpaired) electrons. The average molecular weight is 370 g/mol. The van der Waals surface area contributed by atoms with Crippen LogP contribution in [0.25, 0.3) is 11.4 Å². The molecule has 0 saturated heterocycles. The second-order valence-electron chi connectivity index (χ2n) is 6.16. The molecule has 0 unspecified atom stereocenters. The van der Waals surface area contributed by atoms with Crippen molar-refractivity contribution in [2.45, 2.75) is 24.9 Å². The summed E-state index contributed by atoms with van der Waals surface area (Å²) in [6.07, 6.45) is 1.63. The molecular formula is C19H22N4O2S. The lowest BCUT2D eigenvalue weighted by Crippen LogP contribution is -2.29. The average Bonchev–Trinajstić information content (AvgIpc) is 3.23. The van der Waals surface area contributed by atoms with Gasteiger partial charge in [0.1, 0.15) is 5.76 Å². The van der Waals surface area contributed by atoms with Crippen molar-refractivity contribution in [1.82, 2.24) is 20.1 Å². The van der Waals surface area contributed by atoms with E-state index in [2.05, 4.69) is 34.6 Å². The van der Waals surface area contributed by atoms with Gasteiger partial charge in [-0.25, -0.2) is 0 Å². The summed E-state index contributed by atoms with van der Waals surface area (Å²) in [6, 6.07) is 12.0. The van der Waals surface area contributed by atoms with Gasteiger partial charge in [-0.3, -0.25) is 4.79 Å². The largest absolute Gasteiger partial charge is 0.469 e. The predicted molar refractivity (Wildman–Crippen MR) is 102 cm³/mol. The Morgan fingerprint density at radius 1 is 1.27 bits per heavy atom. The molecule has 7 heteroatoms. The minimum atomic E-state index is -0.0122. The SMILES string of the molecule is Cc1occc1-c1nnc(SCC(=O)NC[C@@H](C)c2ccccc2)n1C. The number of thioether (sulfide) groups is 1. The normalized spacial score (nSPS) is 12.1. The maximum atomic E-state index is 12.1. The number of aromatic nitrogens is 3. The molecule has 0 spiro atoms. The maximum Gasteiger partial charge on any atom is 0.230 e. The van der Waals surface area contributed by atoms with E-state index in [0.717, 1.165) is 17.1 Å². The first-order valence-corrected chi connectivity index (χ1v) is 9.43. The van der Waals surface area contributed by atoms with Crippen molar-refractivity contribution in [3.63, 3.8) is 0 Å². The van der Waals surface area contributed by atoms with Crippen LogP contribution in [0.3, 0.4) is 0 Å². The van der Waals surface area contributed by atoms with Crippen molar-refractivity contribution in [3.05, 3.63) is 54.0 Å². The number of carbonyl (C=O) groups is 1. The zero-order valence-corrected chi connectivity index (χ0v) is 15.9. The monoisotopic (exact) mass is 370 g/mol. The number of rotatable bonds is 7. The molecule has 1 aromatic carbocycles. The number of amides is 1. The summed E-state index contributed by atoms with van der Waals surface area (Å²) in [4.78, 5) is 12.1.